The van der Waals surface area contributed by atoms with Crippen LogP contribution in [-0.4, -0.2) is 30.0 Å². The molecule has 0 spiro atoms. The van der Waals surface area contributed by atoms with E-state index in [0.29, 0.717) is 0 Å². The number of allylic oxidation sites excluding steroid dienone is 2. The Labute approximate surface area is 417 Å². The highest BCUT2D eigenvalue weighted by Crippen LogP contribution is 2.43. The van der Waals surface area contributed by atoms with Gasteiger partial charge in [-0.1, -0.05) is 104 Å². The molecule has 0 unspecified atom stereocenters. The van der Waals surface area contributed by atoms with Crippen LogP contribution in [0.4, 0.5) is 34.1 Å². The predicted molar refractivity (Wildman–Crippen MR) is 298 cm³/mol. The molecule has 0 saturated heterocycles. The second-order valence-corrected chi connectivity index (χ2v) is 19.7. The maximum Gasteiger partial charge on any atom is 0.113 e. The quantitative estimate of drug-likeness (QED) is 0.120. The standard InChI is InChI=1S/C61H42N8S2/c1-3-4-17-51-40(2)70-60-34-32-47(38-53(51)60)66(45-13-11-15-49(36-45)68-62-55-19-6-7-20-56(55)63-68)43-28-24-41(25-29-43)42-26-30-44(31-27-42)67(48-33-35-61-54(39-48)52-18-5-10-23-59(52)71-61)46-14-12-16-50(37-46)69-64-57-21-8-9-22-58(57)65-69/h3-39H,1H2,2H3/b17-4-. The first-order chi connectivity index (χ1) is 35.0. The number of rotatable bonds is 11. The summed E-state index contributed by atoms with van der Waals surface area (Å²) in [6.07, 6.45) is 6.00. The summed E-state index contributed by atoms with van der Waals surface area (Å²) < 4.78 is 3.78. The third-order valence-electron chi connectivity index (χ3n) is 13.0. The number of aryl methyl sites for hydroxylation is 1. The molecule has 0 fully saturated rings. The van der Waals surface area contributed by atoms with Gasteiger partial charge in [0, 0.05) is 69.3 Å². The van der Waals surface area contributed by atoms with Crippen LogP contribution in [0.25, 0.3) is 80.9 Å². The minimum absolute atomic E-state index is 0.851. The molecular formula is C61H42N8S2. The molecule has 0 aliphatic rings. The SMILES string of the molecule is C=C/C=C\c1c(C)sc2ccc(N(c3ccc(-c4ccc(N(c5cccc(-n6nc7ccccc7n6)c5)c5ccc6sc7ccccc7c6c5)cc4)cc3)c3cccc(-n4nc5ccccc5n4)c3)cc12. The van der Waals surface area contributed by atoms with Gasteiger partial charge in [0.1, 0.15) is 22.1 Å². The van der Waals surface area contributed by atoms with Gasteiger partial charge < -0.3 is 9.80 Å². The zero-order chi connectivity index (χ0) is 47.4. The van der Waals surface area contributed by atoms with Gasteiger partial charge >= 0.3 is 0 Å². The van der Waals surface area contributed by atoms with E-state index in [1.807, 2.05) is 83.4 Å². The molecule has 10 heteroatoms. The van der Waals surface area contributed by atoms with Crippen LogP contribution in [-0.2, 0) is 0 Å². The molecule has 8 nitrogen and oxygen atoms in total. The van der Waals surface area contributed by atoms with E-state index in [0.717, 1.165) is 78.7 Å². The summed E-state index contributed by atoms with van der Waals surface area (Å²) in [5.74, 6) is 0. The smallest absolute Gasteiger partial charge is 0.113 e. The number of hydrogen-bond acceptors (Lipinski definition) is 8. The molecule has 9 aromatic carbocycles. The van der Waals surface area contributed by atoms with Crippen molar-refractivity contribution in [3.63, 3.8) is 0 Å². The Morgan fingerprint density at radius 3 is 1.37 bits per heavy atom. The molecule has 0 N–H and O–H groups in total. The molecule has 0 aliphatic carbocycles. The number of hydrogen-bond donors (Lipinski definition) is 0. The molecule has 71 heavy (non-hydrogen) atoms. The summed E-state index contributed by atoms with van der Waals surface area (Å²) in [5.41, 5.74) is 14.8. The first-order valence-corrected chi connectivity index (χ1v) is 25.0. The monoisotopic (exact) mass is 950 g/mol. The minimum Gasteiger partial charge on any atom is -0.310 e. The molecule has 4 aromatic heterocycles. The van der Waals surface area contributed by atoms with Crippen molar-refractivity contribution < 1.29 is 0 Å². The van der Waals surface area contributed by atoms with Gasteiger partial charge in [-0.3, -0.25) is 0 Å². The number of aromatic nitrogens is 6. The Balaban J connectivity index is 0.880. The molecule has 13 aromatic rings. The zero-order valence-electron chi connectivity index (χ0n) is 38.5. The maximum atomic E-state index is 4.82. The Morgan fingerprint density at radius 1 is 0.408 bits per heavy atom. The van der Waals surface area contributed by atoms with E-state index in [1.165, 1.54) is 40.7 Å². The van der Waals surface area contributed by atoms with Crippen molar-refractivity contribution in [3.05, 3.63) is 235 Å². The second kappa shape index (κ2) is 17.5. The fourth-order valence-corrected chi connectivity index (χ4v) is 11.7. The van der Waals surface area contributed by atoms with Crippen LogP contribution in [0.1, 0.15) is 10.4 Å². The Kier molecular flexibility index (Phi) is 10.4. The van der Waals surface area contributed by atoms with E-state index >= 15 is 0 Å². The van der Waals surface area contributed by atoms with Gasteiger partial charge in [0.05, 0.1) is 11.4 Å². The van der Waals surface area contributed by atoms with Crippen molar-refractivity contribution >= 4 is 115 Å². The average molecular weight is 951 g/mol. The minimum atomic E-state index is 0.851. The molecule has 0 bridgehead atoms. The van der Waals surface area contributed by atoms with Crippen LogP contribution in [0, 0.1) is 6.92 Å². The first kappa shape index (κ1) is 42.2. The largest absolute Gasteiger partial charge is 0.310 e. The summed E-state index contributed by atoms with van der Waals surface area (Å²) in [6, 6.07) is 72.7. The summed E-state index contributed by atoms with van der Waals surface area (Å²) in [6.45, 7) is 6.11. The topological polar surface area (TPSA) is 67.9 Å². The predicted octanol–water partition coefficient (Wildman–Crippen LogP) is 16.9. The normalized spacial score (nSPS) is 11.7. The Hall–Kier alpha value is -8.96. The van der Waals surface area contributed by atoms with Gasteiger partial charge in [0.25, 0.3) is 0 Å². The zero-order valence-corrected chi connectivity index (χ0v) is 40.1. The fourth-order valence-electron chi connectivity index (χ4n) is 9.55. The number of anilines is 6. The molecule has 0 atom stereocenters. The third kappa shape index (κ3) is 7.72. The summed E-state index contributed by atoms with van der Waals surface area (Å²) in [7, 11) is 0. The highest BCUT2D eigenvalue weighted by molar-refractivity contribution is 7.25. The molecule has 0 saturated carbocycles. The van der Waals surface area contributed by atoms with Gasteiger partial charge in [0.2, 0.25) is 0 Å². The molecule has 338 valence electrons. The molecule has 0 radical (unpaired) electrons. The van der Waals surface area contributed by atoms with Crippen LogP contribution >= 0.6 is 22.7 Å². The van der Waals surface area contributed by atoms with Crippen molar-refractivity contribution in [2.45, 2.75) is 6.92 Å². The van der Waals surface area contributed by atoms with Crippen molar-refractivity contribution in [1.29, 1.82) is 0 Å². The van der Waals surface area contributed by atoms with Crippen molar-refractivity contribution in [2.24, 2.45) is 0 Å². The van der Waals surface area contributed by atoms with Crippen LogP contribution in [0.15, 0.2) is 225 Å². The molecular weight excluding hydrogens is 909 g/mol. The molecule has 4 heterocycles. The number of benzene rings is 9. The van der Waals surface area contributed by atoms with Crippen molar-refractivity contribution in [1.82, 2.24) is 30.0 Å². The lowest BCUT2D eigenvalue weighted by atomic mass is 10.0. The second-order valence-electron chi connectivity index (χ2n) is 17.4. The van der Waals surface area contributed by atoms with Gasteiger partial charge in [-0.05, 0) is 151 Å². The summed E-state index contributed by atoms with van der Waals surface area (Å²) >= 11 is 3.64. The summed E-state index contributed by atoms with van der Waals surface area (Å²) in [5, 5.41) is 23.0. The number of nitrogens with zero attached hydrogens (tertiary/aromatic N) is 8. The number of thiophene rings is 2. The summed E-state index contributed by atoms with van der Waals surface area (Å²) in [4.78, 5) is 9.36. The molecule has 13 rings (SSSR count). The van der Waals surface area contributed by atoms with E-state index in [1.54, 1.807) is 9.59 Å². The third-order valence-corrected chi connectivity index (χ3v) is 15.2. The first-order valence-electron chi connectivity index (χ1n) is 23.4. The van der Waals surface area contributed by atoms with E-state index in [4.69, 9.17) is 20.4 Å². The van der Waals surface area contributed by atoms with Crippen molar-refractivity contribution in [3.8, 4) is 22.5 Å². The van der Waals surface area contributed by atoms with Crippen LogP contribution in [0.3, 0.4) is 0 Å². The van der Waals surface area contributed by atoms with Gasteiger partial charge in [-0.15, -0.1) is 43.1 Å². The van der Waals surface area contributed by atoms with E-state index in [2.05, 4.69) is 187 Å². The van der Waals surface area contributed by atoms with E-state index < -0.39 is 0 Å². The lowest BCUT2D eigenvalue weighted by Gasteiger charge is -2.27. The van der Waals surface area contributed by atoms with Crippen LogP contribution in [0.5, 0.6) is 0 Å². The fraction of sp³-hybridized carbons (Fsp3) is 0.0164. The van der Waals surface area contributed by atoms with Gasteiger partial charge in [0.15, 0.2) is 0 Å². The van der Waals surface area contributed by atoms with Gasteiger partial charge in [-0.2, -0.15) is 9.59 Å². The highest BCUT2D eigenvalue weighted by Gasteiger charge is 2.20. The highest BCUT2D eigenvalue weighted by atomic mass is 32.1. The number of fused-ring (bicyclic) bond motifs is 6. The van der Waals surface area contributed by atoms with E-state index in [-0.39, 0.29) is 0 Å². The van der Waals surface area contributed by atoms with Crippen LogP contribution < -0.4 is 9.80 Å². The molecule has 0 amide bonds. The van der Waals surface area contributed by atoms with Crippen LogP contribution in [0.2, 0.25) is 0 Å². The Bertz CT molecular complexity index is 4110. The average Bonchev–Trinajstić information content (AvgIpc) is 4.22. The Morgan fingerprint density at radius 2 is 0.845 bits per heavy atom. The van der Waals surface area contributed by atoms with E-state index in [9.17, 15) is 0 Å². The lowest BCUT2D eigenvalue weighted by molar-refractivity contribution is 0.765. The molecule has 0 aliphatic heterocycles. The van der Waals surface area contributed by atoms with Crippen molar-refractivity contribution in [2.75, 3.05) is 9.80 Å². The van der Waals surface area contributed by atoms with Gasteiger partial charge in [-0.25, -0.2) is 0 Å². The lowest BCUT2D eigenvalue weighted by Crippen LogP contribution is -2.11. The maximum absolute atomic E-state index is 4.82.